The summed E-state index contributed by atoms with van der Waals surface area (Å²) in [4.78, 5) is 41.5. The lowest BCUT2D eigenvalue weighted by molar-refractivity contribution is -0.124. The van der Waals surface area contributed by atoms with Crippen molar-refractivity contribution in [2.45, 2.75) is 12.5 Å². The fourth-order valence-corrected chi connectivity index (χ4v) is 3.37. The van der Waals surface area contributed by atoms with E-state index in [0.29, 0.717) is 22.9 Å². The number of hydrogen-bond acceptors (Lipinski definition) is 6. The summed E-state index contributed by atoms with van der Waals surface area (Å²) in [5, 5.41) is 5.47. The third-order valence-corrected chi connectivity index (χ3v) is 4.72. The van der Waals surface area contributed by atoms with Crippen molar-refractivity contribution in [1.82, 2.24) is 9.55 Å². The topological polar surface area (TPSA) is 112 Å². The largest absolute Gasteiger partial charge is 0.495 e. The first-order valence-electron chi connectivity index (χ1n) is 8.86. The number of esters is 1. The molecule has 0 saturated heterocycles. The minimum Gasteiger partial charge on any atom is -0.495 e. The fraction of sp³-hybridized carbons (Fsp3) is 0.200. The Balaban J connectivity index is 1.71. The minimum atomic E-state index is -0.808. The van der Waals surface area contributed by atoms with E-state index in [1.54, 1.807) is 10.6 Å². The molecular weight excluding hydrogens is 376 g/mol. The molecule has 2 N–H and O–H groups in total. The molecule has 0 saturated carbocycles. The Morgan fingerprint density at radius 3 is 2.76 bits per heavy atom. The summed E-state index contributed by atoms with van der Waals surface area (Å²) in [6.45, 7) is 0. The van der Waals surface area contributed by atoms with E-state index in [4.69, 9.17) is 9.47 Å². The Hall–Kier alpha value is -3.88. The average molecular weight is 394 g/mol. The van der Waals surface area contributed by atoms with Crippen LogP contribution in [0.4, 0.5) is 11.6 Å². The number of nitrogens with zero attached hydrogens (tertiary/aromatic N) is 2. The molecule has 2 heterocycles. The lowest BCUT2D eigenvalue weighted by atomic mass is 10.1. The van der Waals surface area contributed by atoms with Gasteiger partial charge in [-0.15, -0.1) is 0 Å². The number of para-hydroxylation sites is 2. The van der Waals surface area contributed by atoms with Gasteiger partial charge in [0.15, 0.2) is 0 Å². The van der Waals surface area contributed by atoms with E-state index >= 15 is 0 Å². The van der Waals surface area contributed by atoms with E-state index in [0.717, 1.165) is 5.52 Å². The lowest BCUT2D eigenvalue weighted by Crippen LogP contribution is -2.35. The number of aromatic nitrogens is 2. The Morgan fingerprint density at radius 1 is 1.21 bits per heavy atom. The minimum absolute atomic E-state index is 0.0435. The predicted molar refractivity (Wildman–Crippen MR) is 105 cm³/mol. The van der Waals surface area contributed by atoms with E-state index < -0.39 is 17.9 Å². The van der Waals surface area contributed by atoms with Gasteiger partial charge < -0.3 is 14.8 Å². The second-order valence-electron chi connectivity index (χ2n) is 6.46. The number of imidazole rings is 1. The van der Waals surface area contributed by atoms with Gasteiger partial charge in [-0.1, -0.05) is 12.1 Å². The van der Waals surface area contributed by atoms with Gasteiger partial charge in [-0.3, -0.25) is 19.5 Å². The standard InChI is InChI=1S/C20H18N4O5/c1-28-16-8-7-11(19(27)29-2)9-13(16)21-18(26)15-10-17(25)23-20-22-12-5-3-4-6-14(12)24(15)20/h3-9,15H,10H2,1-2H3,(H,21,26)(H,22,23,25)/t15-/m0/s1. The highest BCUT2D eigenvalue weighted by atomic mass is 16.5. The normalized spacial score (nSPS) is 15.4. The number of ether oxygens (including phenoxy) is 2. The number of carbonyl (C=O) groups is 3. The molecule has 1 aliphatic rings. The van der Waals surface area contributed by atoms with Crippen molar-refractivity contribution in [3.8, 4) is 5.75 Å². The van der Waals surface area contributed by atoms with Crippen LogP contribution in [0.2, 0.25) is 0 Å². The van der Waals surface area contributed by atoms with Crippen LogP contribution in [0.25, 0.3) is 11.0 Å². The van der Waals surface area contributed by atoms with Crippen LogP contribution in [0, 0.1) is 0 Å². The number of carbonyl (C=O) groups excluding carboxylic acids is 3. The fourth-order valence-electron chi connectivity index (χ4n) is 3.37. The van der Waals surface area contributed by atoms with Crippen molar-refractivity contribution >= 4 is 40.5 Å². The number of rotatable bonds is 4. The molecule has 0 unspecified atom stereocenters. The molecule has 1 atom stereocenters. The van der Waals surface area contributed by atoms with Gasteiger partial charge >= 0.3 is 5.97 Å². The molecule has 0 bridgehead atoms. The first kappa shape index (κ1) is 18.5. The molecule has 3 aromatic rings. The third kappa shape index (κ3) is 3.27. The highest BCUT2D eigenvalue weighted by molar-refractivity contribution is 6.04. The van der Waals surface area contributed by atoms with Crippen LogP contribution < -0.4 is 15.4 Å². The number of hydrogen-bond donors (Lipinski definition) is 2. The Morgan fingerprint density at radius 2 is 2.00 bits per heavy atom. The third-order valence-electron chi connectivity index (χ3n) is 4.72. The molecule has 1 aromatic heterocycles. The average Bonchev–Trinajstić information content (AvgIpc) is 3.10. The SMILES string of the molecule is COC(=O)c1ccc(OC)c(NC(=O)[C@@H]2CC(=O)Nc3nc4ccccc4n32)c1. The molecule has 0 fully saturated rings. The van der Waals surface area contributed by atoms with Crippen molar-refractivity contribution < 1.29 is 23.9 Å². The van der Waals surface area contributed by atoms with Gasteiger partial charge in [0.1, 0.15) is 11.8 Å². The summed E-state index contributed by atoms with van der Waals surface area (Å²) >= 11 is 0. The van der Waals surface area contributed by atoms with E-state index in [1.807, 2.05) is 24.3 Å². The van der Waals surface area contributed by atoms with Gasteiger partial charge in [0.05, 0.1) is 42.9 Å². The molecule has 0 spiro atoms. The van der Waals surface area contributed by atoms with Gasteiger partial charge in [0, 0.05) is 0 Å². The summed E-state index contributed by atoms with van der Waals surface area (Å²) in [6, 6.07) is 11.1. The number of amides is 2. The molecule has 9 nitrogen and oxygen atoms in total. The van der Waals surface area contributed by atoms with Gasteiger partial charge in [-0.25, -0.2) is 9.78 Å². The van der Waals surface area contributed by atoms with Crippen molar-refractivity contribution in [2.24, 2.45) is 0 Å². The molecule has 0 aliphatic carbocycles. The van der Waals surface area contributed by atoms with Crippen LogP contribution in [0.5, 0.6) is 5.75 Å². The Kier molecular flexibility index (Phi) is 4.63. The van der Waals surface area contributed by atoms with Crippen molar-refractivity contribution in [3.05, 3.63) is 48.0 Å². The molecule has 0 radical (unpaired) electrons. The maximum Gasteiger partial charge on any atom is 0.337 e. The summed E-state index contributed by atoms with van der Waals surface area (Å²) in [5.74, 6) is -0.573. The van der Waals surface area contributed by atoms with Gasteiger partial charge in [0.2, 0.25) is 17.8 Å². The second kappa shape index (κ2) is 7.27. The summed E-state index contributed by atoms with van der Waals surface area (Å²) in [7, 11) is 2.73. The molecule has 2 aromatic carbocycles. The van der Waals surface area contributed by atoms with Crippen LogP contribution in [0.15, 0.2) is 42.5 Å². The van der Waals surface area contributed by atoms with Gasteiger partial charge in [-0.05, 0) is 30.3 Å². The number of fused-ring (bicyclic) bond motifs is 3. The number of methoxy groups -OCH3 is 2. The smallest absolute Gasteiger partial charge is 0.337 e. The van der Waals surface area contributed by atoms with Crippen LogP contribution in [0.3, 0.4) is 0 Å². The summed E-state index contributed by atoms with van der Waals surface area (Å²) < 4.78 is 11.7. The molecule has 148 valence electrons. The van der Waals surface area contributed by atoms with Gasteiger partial charge in [0.25, 0.3) is 0 Å². The van der Waals surface area contributed by atoms with Crippen molar-refractivity contribution in [1.29, 1.82) is 0 Å². The summed E-state index contributed by atoms with van der Waals surface area (Å²) in [6.07, 6.45) is -0.0435. The quantitative estimate of drug-likeness (QED) is 0.657. The predicted octanol–water partition coefficient (Wildman–Crippen LogP) is 2.35. The molecule has 2 amide bonds. The van der Waals surface area contributed by atoms with E-state index in [9.17, 15) is 14.4 Å². The zero-order valence-corrected chi connectivity index (χ0v) is 15.8. The van der Waals surface area contributed by atoms with E-state index in [2.05, 4.69) is 15.6 Å². The maximum absolute atomic E-state index is 13.1. The summed E-state index contributed by atoms with van der Waals surface area (Å²) in [5.41, 5.74) is 1.97. The highest BCUT2D eigenvalue weighted by Gasteiger charge is 2.33. The van der Waals surface area contributed by atoms with E-state index in [-0.39, 0.29) is 17.9 Å². The van der Waals surface area contributed by atoms with Crippen molar-refractivity contribution in [2.75, 3.05) is 24.9 Å². The highest BCUT2D eigenvalue weighted by Crippen LogP contribution is 2.32. The second-order valence-corrected chi connectivity index (χ2v) is 6.46. The molecule has 29 heavy (non-hydrogen) atoms. The molecule has 4 rings (SSSR count). The zero-order chi connectivity index (χ0) is 20.5. The van der Waals surface area contributed by atoms with Crippen LogP contribution in [-0.4, -0.2) is 41.6 Å². The first-order valence-corrected chi connectivity index (χ1v) is 8.86. The Bertz CT molecular complexity index is 1140. The Labute approximate surface area is 165 Å². The van der Waals surface area contributed by atoms with Crippen molar-refractivity contribution in [3.63, 3.8) is 0 Å². The number of anilines is 2. The van der Waals surface area contributed by atoms with Crippen LogP contribution in [-0.2, 0) is 14.3 Å². The zero-order valence-electron chi connectivity index (χ0n) is 15.8. The molecule has 1 aliphatic heterocycles. The van der Waals surface area contributed by atoms with Gasteiger partial charge in [-0.2, -0.15) is 0 Å². The number of nitrogens with one attached hydrogen (secondary N) is 2. The first-order chi connectivity index (χ1) is 14.0. The number of benzene rings is 2. The monoisotopic (exact) mass is 394 g/mol. The van der Waals surface area contributed by atoms with Crippen LogP contribution >= 0.6 is 0 Å². The van der Waals surface area contributed by atoms with E-state index in [1.165, 1.54) is 26.4 Å². The maximum atomic E-state index is 13.1. The molecule has 9 heteroatoms. The molecular formula is C20H18N4O5. The van der Waals surface area contributed by atoms with Crippen LogP contribution in [0.1, 0.15) is 22.8 Å². The lowest BCUT2D eigenvalue weighted by Gasteiger charge is -2.25.